The predicted molar refractivity (Wildman–Crippen MR) is 89.3 cm³/mol. The SMILES string of the molecule is CC.CNC(=O)c1ccc(C)cn1.COC(=O)c1ccccn1. The summed E-state index contributed by atoms with van der Waals surface area (Å²) in [6.07, 6.45) is 3.22. The van der Waals surface area contributed by atoms with Crippen molar-refractivity contribution in [1.82, 2.24) is 15.3 Å². The molecule has 0 aliphatic carbocycles. The lowest BCUT2D eigenvalue weighted by atomic mass is 10.3. The summed E-state index contributed by atoms with van der Waals surface area (Å²) in [6, 6.07) is 8.64. The lowest BCUT2D eigenvalue weighted by Crippen LogP contribution is -2.18. The first-order valence-electron chi connectivity index (χ1n) is 7.22. The van der Waals surface area contributed by atoms with Gasteiger partial charge in [0.15, 0.2) is 0 Å². The molecule has 23 heavy (non-hydrogen) atoms. The third-order valence-corrected chi connectivity index (χ3v) is 2.43. The molecule has 0 saturated heterocycles. The van der Waals surface area contributed by atoms with Crippen LogP contribution in [0.25, 0.3) is 0 Å². The lowest BCUT2D eigenvalue weighted by Gasteiger charge is -1.97. The standard InChI is InChI=1S/C8H10N2O.C7H7NO2.C2H6/c1-6-3-4-7(10-5-6)8(11)9-2;1-10-7(9)6-4-2-3-5-8-6;1-2/h3-5H,1-2H3,(H,9,11);2-5H,1H3;1-2H3. The molecular formula is C17H23N3O3. The van der Waals surface area contributed by atoms with Crippen molar-refractivity contribution >= 4 is 11.9 Å². The van der Waals surface area contributed by atoms with Crippen molar-refractivity contribution in [1.29, 1.82) is 0 Å². The Bertz CT molecular complexity index is 584. The molecule has 0 radical (unpaired) electrons. The highest BCUT2D eigenvalue weighted by atomic mass is 16.5. The van der Waals surface area contributed by atoms with Crippen molar-refractivity contribution in [2.24, 2.45) is 0 Å². The quantitative estimate of drug-likeness (QED) is 0.861. The Morgan fingerprint density at radius 3 is 2.17 bits per heavy atom. The fourth-order valence-corrected chi connectivity index (χ4v) is 1.32. The van der Waals surface area contributed by atoms with E-state index in [1.807, 2.05) is 26.8 Å². The van der Waals surface area contributed by atoms with Gasteiger partial charge in [0.25, 0.3) is 5.91 Å². The molecular weight excluding hydrogens is 294 g/mol. The molecule has 2 aromatic heterocycles. The molecule has 124 valence electrons. The maximum absolute atomic E-state index is 11.0. The van der Waals surface area contributed by atoms with Crippen LogP contribution in [0.5, 0.6) is 0 Å². The molecule has 2 rings (SSSR count). The number of nitrogens with zero attached hydrogens (tertiary/aromatic N) is 2. The van der Waals surface area contributed by atoms with Crippen LogP contribution in [0.15, 0.2) is 42.7 Å². The molecule has 6 heteroatoms. The molecule has 0 spiro atoms. The van der Waals surface area contributed by atoms with E-state index in [1.54, 1.807) is 43.7 Å². The minimum Gasteiger partial charge on any atom is -0.464 e. The predicted octanol–water partition coefficient (Wildman–Crippen LogP) is 2.64. The Labute approximate surface area is 136 Å². The number of carbonyl (C=O) groups excluding carboxylic acids is 2. The van der Waals surface area contributed by atoms with E-state index in [4.69, 9.17) is 0 Å². The fourth-order valence-electron chi connectivity index (χ4n) is 1.32. The molecule has 2 aromatic rings. The molecule has 0 saturated carbocycles. The zero-order chi connectivity index (χ0) is 17.7. The number of aromatic nitrogens is 2. The van der Waals surface area contributed by atoms with E-state index in [1.165, 1.54) is 7.11 Å². The maximum Gasteiger partial charge on any atom is 0.356 e. The number of methoxy groups -OCH3 is 1. The third kappa shape index (κ3) is 7.71. The van der Waals surface area contributed by atoms with Gasteiger partial charge in [0, 0.05) is 19.4 Å². The highest BCUT2D eigenvalue weighted by molar-refractivity contribution is 5.91. The van der Waals surface area contributed by atoms with Gasteiger partial charge in [0.05, 0.1) is 7.11 Å². The smallest absolute Gasteiger partial charge is 0.356 e. The van der Waals surface area contributed by atoms with E-state index in [-0.39, 0.29) is 5.91 Å². The molecule has 0 aliphatic heterocycles. The molecule has 2 heterocycles. The van der Waals surface area contributed by atoms with Gasteiger partial charge in [0.2, 0.25) is 0 Å². The van der Waals surface area contributed by atoms with Gasteiger partial charge in [-0.25, -0.2) is 9.78 Å². The van der Waals surface area contributed by atoms with Gasteiger partial charge < -0.3 is 10.1 Å². The average Bonchev–Trinajstić information content (AvgIpc) is 2.64. The number of esters is 1. The van der Waals surface area contributed by atoms with E-state index in [2.05, 4.69) is 20.0 Å². The number of nitrogens with one attached hydrogen (secondary N) is 1. The Morgan fingerprint density at radius 1 is 1.04 bits per heavy atom. The van der Waals surface area contributed by atoms with Crippen LogP contribution in [0, 0.1) is 6.92 Å². The Kier molecular flexibility index (Phi) is 10.4. The van der Waals surface area contributed by atoms with E-state index in [9.17, 15) is 9.59 Å². The second kappa shape index (κ2) is 11.9. The topological polar surface area (TPSA) is 81.2 Å². The summed E-state index contributed by atoms with van der Waals surface area (Å²) in [5.41, 5.74) is 1.85. The Balaban J connectivity index is 0.000000381. The monoisotopic (exact) mass is 317 g/mol. The van der Waals surface area contributed by atoms with Crippen LogP contribution in [-0.4, -0.2) is 36.0 Å². The molecule has 0 aromatic carbocycles. The summed E-state index contributed by atoms with van der Waals surface area (Å²) in [5.74, 6) is -0.550. The number of carbonyl (C=O) groups is 2. The second-order valence-electron chi connectivity index (χ2n) is 4.01. The first-order valence-corrected chi connectivity index (χ1v) is 7.22. The lowest BCUT2D eigenvalue weighted by molar-refractivity contribution is 0.0594. The summed E-state index contributed by atoms with van der Waals surface area (Å²) >= 11 is 0. The van der Waals surface area contributed by atoms with Crippen molar-refractivity contribution in [2.45, 2.75) is 20.8 Å². The maximum atomic E-state index is 11.0. The summed E-state index contributed by atoms with van der Waals surface area (Å²) in [5, 5.41) is 2.50. The zero-order valence-electron chi connectivity index (χ0n) is 14.2. The van der Waals surface area contributed by atoms with E-state index in [0.717, 1.165) is 5.56 Å². The highest BCUT2D eigenvalue weighted by Crippen LogP contribution is 1.97. The number of pyridine rings is 2. The van der Waals surface area contributed by atoms with Crippen LogP contribution < -0.4 is 5.32 Å². The molecule has 0 bridgehead atoms. The molecule has 1 N–H and O–H groups in total. The van der Waals surface area contributed by atoms with Crippen LogP contribution in [-0.2, 0) is 4.74 Å². The number of rotatable bonds is 2. The second-order valence-corrected chi connectivity index (χ2v) is 4.01. The van der Waals surface area contributed by atoms with Crippen molar-refractivity contribution in [3.05, 3.63) is 59.7 Å². The third-order valence-electron chi connectivity index (χ3n) is 2.43. The minimum absolute atomic E-state index is 0.148. The van der Waals surface area contributed by atoms with Gasteiger partial charge in [-0.3, -0.25) is 9.78 Å². The van der Waals surface area contributed by atoms with Crippen molar-refractivity contribution < 1.29 is 14.3 Å². The van der Waals surface area contributed by atoms with E-state index >= 15 is 0 Å². The van der Waals surface area contributed by atoms with Gasteiger partial charge in [-0.2, -0.15) is 0 Å². The molecule has 0 aliphatic rings. The summed E-state index contributed by atoms with van der Waals surface area (Å²) in [4.78, 5) is 29.4. The summed E-state index contributed by atoms with van der Waals surface area (Å²) in [6.45, 7) is 5.93. The van der Waals surface area contributed by atoms with Gasteiger partial charge in [-0.15, -0.1) is 0 Å². The molecule has 0 unspecified atom stereocenters. The van der Waals surface area contributed by atoms with Gasteiger partial charge in [0.1, 0.15) is 11.4 Å². The van der Waals surface area contributed by atoms with Crippen LogP contribution >= 0.6 is 0 Å². The van der Waals surface area contributed by atoms with Crippen LogP contribution in [0.4, 0.5) is 0 Å². The van der Waals surface area contributed by atoms with Crippen molar-refractivity contribution in [3.63, 3.8) is 0 Å². The highest BCUT2D eigenvalue weighted by Gasteiger charge is 2.03. The van der Waals surface area contributed by atoms with Gasteiger partial charge in [-0.05, 0) is 30.7 Å². The summed E-state index contributed by atoms with van der Waals surface area (Å²) in [7, 11) is 2.92. The number of amides is 1. The van der Waals surface area contributed by atoms with Crippen LogP contribution in [0.1, 0.15) is 40.4 Å². The Morgan fingerprint density at radius 2 is 1.74 bits per heavy atom. The number of hydrogen-bond acceptors (Lipinski definition) is 5. The van der Waals surface area contributed by atoms with Crippen LogP contribution in [0.2, 0.25) is 0 Å². The largest absolute Gasteiger partial charge is 0.464 e. The van der Waals surface area contributed by atoms with Gasteiger partial charge >= 0.3 is 5.97 Å². The van der Waals surface area contributed by atoms with Crippen molar-refractivity contribution in [2.75, 3.05) is 14.2 Å². The minimum atomic E-state index is -0.402. The van der Waals surface area contributed by atoms with Gasteiger partial charge in [-0.1, -0.05) is 26.0 Å². The first-order chi connectivity index (χ1) is 11.1. The fraction of sp³-hybridized carbons (Fsp3) is 0.294. The van der Waals surface area contributed by atoms with Crippen LogP contribution in [0.3, 0.4) is 0 Å². The Hall–Kier alpha value is -2.76. The number of ether oxygens (including phenoxy) is 1. The van der Waals surface area contributed by atoms with Crippen molar-refractivity contribution in [3.8, 4) is 0 Å². The number of hydrogen-bond donors (Lipinski definition) is 1. The summed E-state index contributed by atoms with van der Waals surface area (Å²) < 4.78 is 4.43. The molecule has 1 amide bonds. The average molecular weight is 317 g/mol. The molecule has 0 fully saturated rings. The van der Waals surface area contributed by atoms with E-state index < -0.39 is 5.97 Å². The van der Waals surface area contributed by atoms with E-state index in [0.29, 0.717) is 11.4 Å². The molecule has 0 atom stereocenters. The zero-order valence-corrected chi connectivity index (χ0v) is 14.2. The normalized spacial score (nSPS) is 8.57. The molecule has 6 nitrogen and oxygen atoms in total. The first kappa shape index (κ1) is 20.2. The number of aryl methyl sites for hydroxylation is 1.